The lowest BCUT2D eigenvalue weighted by Crippen LogP contribution is -2.44. The second kappa shape index (κ2) is 8.63. The van der Waals surface area contributed by atoms with Crippen molar-refractivity contribution in [3.05, 3.63) is 0 Å². The second-order valence-corrected chi connectivity index (χ2v) is 13.5. The van der Waals surface area contributed by atoms with E-state index in [0.29, 0.717) is 17.8 Å². The van der Waals surface area contributed by atoms with Gasteiger partial charge < -0.3 is 4.43 Å². The predicted octanol–water partition coefficient (Wildman–Crippen LogP) is 6.11. The molecule has 0 N–H and O–H groups in total. The molecular formula is C19H38O2Si. The van der Waals surface area contributed by atoms with Crippen LogP contribution in [0.1, 0.15) is 85.5 Å². The SMILES string of the molecule is CCCCC[C@@H](CCC1CCC(=O)C1)O[Si](C)(C)C(C)(C)C. The molecule has 0 spiro atoms. The number of ketones is 1. The van der Waals surface area contributed by atoms with Gasteiger partial charge in [0.15, 0.2) is 8.32 Å². The molecule has 1 saturated carbocycles. The van der Waals surface area contributed by atoms with Gasteiger partial charge in [-0.05, 0) is 49.7 Å². The van der Waals surface area contributed by atoms with Crippen molar-refractivity contribution in [2.75, 3.05) is 0 Å². The Morgan fingerprint density at radius 3 is 2.41 bits per heavy atom. The average Bonchev–Trinajstić information content (AvgIpc) is 2.80. The van der Waals surface area contributed by atoms with Gasteiger partial charge in [-0.15, -0.1) is 0 Å². The van der Waals surface area contributed by atoms with Gasteiger partial charge in [-0.25, -0.2) is 0 Å². The lowest BCUT2D eigenvalue weighted by atomic mass is 9.97. The molecule has 1 fully saturated rings. The largest absolute Gasteiger partial charge is 0.414 e. The Kier molecular flexibility index (Phi) is 7.80. The average molecular weight is 327 g/mol. The van der Waals surface area contributed by atoms with Crippen molar-refractivity contribution >= 4 is 14.1 Å². The minimum Gasteiger partial charge on any atom is -0.414 e. The van der Waals surface area contributed by atoms with Gasteiger partial charge in [-0.1, -0.05) is 47.0 Å². The standard InChI is InChI=1S/C19H38O2Si/c1-7-8-9-10-18(21-22(5,6)19(2,3)4)14-12-16-11-13-17(20)15-16/h16,18H,7-15H2,1-6H3/t16?,18-/m0/s1. The van der Waals surface area contributed by atoms with Gasteiger partial charge in [0, 0.05) is 18.9 Å². The number of unbranched alkanes of at least 4 members (excludes halogenated alkanes) is 2. The molecule has 0 heterocycles. The molecule has 130 valence electrons. The first kappa shape index (κ1) is 19.9. The van der Waals surface area contributed by atoms with Crippen LogP contribution in [0.5, 0.6) is 0 Å². The van der Waals surface area contributed by atoms with Crippen LogP contribution in [0, 0.1) is 5.92 Å². The number of Topliss-reactive ketones (excluding diaryl/α,β-unsaturated/α-hetero) is 1. The summed E-state index contributed by atoms with van der Waals surface area (Å²) in [6.07, 6.45) is 10.5. The number of carbonyl (C=O) groups excluding carboxylic acids is 1. The first-order chi connectivity index (χ1) is 10.2. The van der Waals surface area contributed by atoms with E-state index in [0.717, 1.165) is 25.7 Å². The highest BCUT2D eigenvalue weighted by Crippen LogP contribution is 2.39. The van der Waals surface area contributed by atoms with Crippen LogP contribution in [-0.4, -0.2) is 20.2 Å². The summed E-state index contributed by atoms with van der Waals surface area (Å²) in [4.78, 5) is 11.4. The van der Waals surface area contributed by atoms with Crippen molar-refractivity contribution in [2.45, 2.75) is 110 Å². The highest BCUT2D eigenvalue weighted by atomic mass is 28.4. The van der Waals surface area contributed by atoms with Gasteiger partial charge in [0.2, 0.25) is 0 Å². The van der Waals surface area contributed by atoms with Crippen molar-refractivity contribution < 1.29 is 9.22 Å². The normalized spacial score (nSPS) is 21.4. The highest BCUT2D eigenvalue weighted by Gasteiger charge is 2.39. The van der Waals surface area contributed by atoms with E-state index in [9.17, 15) is 4.79 Å². The summed E-state index contributed by atoms with van der Waals surface area (Å²) in [6.45, 7) is 13.9. The summed E-state index contributed by atoms with van der Waals surface area (Å²) in [5, 5.41) is 0.277. The van der Waals surface area contributed by atoms with Gasteiger partial charge in [0.05, 0.1) is 0 Å². The first-order valence-corrected chi connectivity index (χ1v) is 12.3. The van der Waals surface area contributed by atoms with E-state index >= 15 is 0 Å². The lowest BCUT2D eigenvalue weighted by molar-refractivity contribution is -0.117. The number of carbonyl (C=O) groups is 1. The fourth-order valence-electron chi connectivity index (χ4n) is 3.04. The summed E-state index contributed by atoms with van der Waals surface area (Å²) >= 11 is 0. The molecule has 22 heavy (non-hydrogen) atoms. The Labute approximate surface area is 139 Å². The molecular weight excluding hydrogens is 288 g/mol. The maximum atomic E-state index is 11.4. The van der Waals surface area contributed by atoms with E-state index in [1.165, 1.54) is 32.1 Å². The van der Waals surface area contributed by atoms with E-state index in [4.69, 9.17) is 4.43 Å². The Hall–Kier alpha value is -0.153. The maximum Gasteiger partial charge on any atom is 0.192 e. The van der Waals surface area contributed by atoms with Crippen molar-refractivity contribution in [3.63, 3.8) is 0 Å². The van der Waals surface area contributed by atoms with E-state index in [2.05, 4.69) is 40.8 Å². The number of hydrogen-bond acceptors (Lipinski definition) is 2. The van der Waals surface area contributed by atoms with Gasteiger partial charge in [0.1, 0.15) is 5.78 Å². The van der Waals surface area contributed by atoms with Crippen LogP contribution < -0.4 is 0 Å². The van der Waals surface area contributed by atoms with Gasteiger partial charge in [-0.2, -0.15) is 0 Å². The summed E-state index contributed by atoms with van der Waals surface area (Å²) in [5.41, 5.74) is 0. The van der Waals surface area contributed by atoms with Crippen LogP contribution >= 0.6 is 0 Å². The van der Waals surface area contributed by atoms with Gasteiger partial charge in [-0.3, -0.25) is 4.79 Å². The minimum atomic E-state index is -1.69. The van der Waals surface area contributed by atoms with Crippen LogP contribution in [0.3, 0.4) is 0 Å². The molecule has 0 saturated heterocycles. The zero-order valence-electron chi connectivity index (χ0n) is 15.8. The van der Waals surface area contributed by atoms with Crippen molar-refractivity contribution in [1.82, 2.24) is 0 Å². The fraction of sp³-hybridized carbons (Fsp3) is 0.947. The first-order valence-electron chi connectivity index (χ1n) is 9.35. The number of rotatable bonds is 9. The minimum absolute atomic E-state index is 0.277. The monoisotopic (exact) mass is 326 g/mol. The molecule has 0 aromatic carbocycles. The van der Waals surface area contributed by atoms with Gasteiger partial charge in [0.25, 0.3) is 0 Å². The van der Waals surface area contributed by atoms with E-state index in [1.54, 1.807) is 0 Å². The highest BCUT2D eigenvalue weighted by molar-refractivity contribution is 6.74. The quantitative estimate of drug-likeness (QED) is 0.377. The van der Waals surface area contributed by atoms with Gasteiger partial charge >= 0.3 is 0 Å². The van der Waals surface area contributed by atoms with Crippen molar-refractivity contribution in [2.24, 2.45) is 5.92 Å². The summed E-state index contributed by atoms with van der Waals surface area (Å²) in [5.74, 6) is 1.10. The van der Waals surface area contributed by atoms with Crippen LogP contribution in [-0.2, 0) is 9.22 Å². The Morgan fingerprint density at radius 1 is 1.23 bits per heavy atom. The van der Waals surface area contributed by atoms with Crippen LogP contribution in [0.25, 0.3) is 0 Å². The summed E-state index contributed by atoms with van der Waals surface area (Å²) in [6, 6.07) is 0. The molecule has 1 aliphatic rings. The zero-order chi connectivity index (χ0) is 16.8. The maximum absolute atomic E-state index is 11.4. The molecule has 0 bridgehead atoms. The van der Waals surface area contributed by atoms with Crippen molar-refractivity contribution in [3.8, 4) is 0 Å². The molecule has 1 unspecified atom stereocenters. The Balaban J connectivity index is 2.53. The zero-order valence-corrected chi connectivity index (χ0v) is 16.8. The molecule has 2 nitrogen and oxygen atoms in total. The molecule has 2 atom stereocenters. The summed E-state index contributed by atoms with van der Waals surface area (Å²) < 4.78 is 6.69. The molecule has 0 aromatic rings. The van der Waals surface area contributed by atoms with Crippen LogP contribution in [0.4, 0.5) is 0 Å². The molecule has 0 radical (unpaired) electrons. The van der Waals surface area contributed by atoms with E-state index in [1.807, 2.05) is 0 Å². The second-order valence-electron chi connectivity index (χ2n) is 8.72. The molecule has 3 heteroatoms. The Morgan fingerprint density at radius 2 is 1.91 bits per heavy atom. The van der Waals surface area contributed by atoms with Crippen molar-refractivity contribution in [1.29, 1.82) is 0 Å². The molecule has 0 aromatic heterocycles. The Bertz CT molecular complexity index is 344. The fourth-order valence-corrected chi connectivity index (χ4v) is 4.46. The van der Waals surface area contributed by atoms with Crippen LogP contribution in [0.15, 0.2) is 0 Å². The smallest absolute Gasteiger partial charge is 0.192 e. The predicted molar refractivity (Wildman–Crippen MR) is 97.8 cm³/mol. The molecule has 0 amide bonds. The third-order valence-corrected chi connectivity index (χ3v) is 10.2. The number of hydrogen-bond donors (Lipinski definition) is 0. The molecule has 1 aliphatic carbocycles. The van der Waals surface area contributed by atoms with E-state index < -0.39 is 8.32 Å². The topological polar surface area (TPSA) is 26.3 Å². The summed E-state index contributed by atoms with van der Waals surface area (Å²) in [7, 11) is -1.69. The van der Waals surface area contributed by atoms with E-state index in [-0.39, 0.29) is 5.04 Å². The molecule has 0 aliphatic heterocycles. The third kappa shape index (κ3) is 6.53. The third-order valence-electron chi connectivity index (χ3n) is 5.64. The lowest BCUT2D eigenvalue weighted by Gasteiger charge is -2.39. The van der Waals surface area contributed by atoms with Crippen LogP contribution in [0.2, 0.25) is 18.1 Å². The molecule has 1 rings (SSSR count).